The lowest BCUT2D eigenvalue weighted by atomic mass is 9.72. The minimum atomic E-state index is -4.50. The van der Waals surface area contributed by atoms with Gasteiger partial charge in [0.05, 0.1) is 28.4 Å². The molecule has 0 amide bonds. The van der Waals surface area contributed by atoms with E-state index in [0.717, 1.165) is 17.3 Å². The lowest BCUT2D eigenvalue weighted by molar-refractivity contribution is -0.137. The van der Waals surface area contributed by atoms with E-state index in [2.05, 4.69) is 38.2 Å². The lowest BCUT2D eigenvalue weighted by Crippen LogP contribution is -2.29. The number of alkyl halides is 3. The molecule has 0 saturated heterocycles. The van der Waals surface area contributed by atoms with Crippen molar-refractivity contribution >= 4 is 11.6 Å². The molecular weight excluding hydrogens is 481 g/mol. The molecule has 2 atom stereocenters. The summed E-state index contributed by atoms with van der Waals surface area (Å²) >= 11 is 0. The van der Waals surface area contributed by atoms with Gasteiger partial charge in [-0.15, -0.1) is 0 Å². The third-order valence-electron chi connectivity index (χ3n) is 6.69. The number of nitrogens with one attached hydrogen (secondary N) is 1. The predicted molar refractivity (Wildman–Crippen MR) is 133 cm³/mol. The van der Waals surface area contributed by atoms with E-state index in [0.29, 0.717) is 43.3 Å². The van der Waals surface area contributed by atoms with Gasteiger partial charge in [0, 0.05) is 44.3 Å². The van der Waals surface area contributed by atoms with Crippen LogP contribution in [0.3, 0.4) is 0 Å². The summed E-state index contributed by atoms with van der Waals surface area (Å²) < 4.78 is 46.2. The monoisotopic (exact) mass is 510 g/mol. The smallest absolute Gasteiger partial charge is 0.377 e. The first kappa shape index (κ1) is 26.4. The van der Waals surface area contributed by atoms with E-state index in [4.69, 9.17) is 4.74 Å². The number of pyridine rings is 1. The van der Waals surface area contributed by atoms with Crippen molar-refractivity contribution < 1.29 is 17.9 Å². The summed E-state index contributed by atoms with van der Waals surface area (Å²) in [5.74, 6) is 7.25. The summed E-state index contributed by atoms with van der Waals surface area (Å²) in [5, 5.41) is 12.8. The maximum absolute atomic E-state index is 13.6. The van der Waals surface area contributed by atoms with Crippen molar-refractivity contribution in [1.29, 1.82) is 5.26 Å². The molecule has 0 radical (unpaired) electrons. The van der Waals surface area contributed by atoms with Crippen molar-refractivity contribution in [2.45, 2.75) is 46.4 Å². The average molecular weight is 511 g/mol. The number of hydrogen-bond donors (Lipinski definition) is 1. The molecule has 0 bridgehead atoms. The van der Waals surface area contributed by atoms with E-state index in [1.165, 1.54) is 12.3 Å². The Morgan fingerprint density at radius 1 is 1.24 bits per heavy atom. The van der Waals surface area contributed by atoms with E-state index in [1.54, 1.807) is 12.0 Å². The fourth-order valence-electron chi connectivity index (χ4n) is 4.82. The highest BCUT2D eigenvalue weighted by molar-refractivity contribution is 5.58. The van der Waals surface area contributed by atoms with E-state index < -0.39 is 17.2 Å². The number of ether oxygens (including phenoxy) is 1. The number of methoxy groups -OCH3 is 1. The third kappa shape index (κ3) is 5.70. The first-order chi connectivity index (χ1) is 17.5. The van der Waals surface area contributed by atoms with Crippen LogP contribution in [-0.2, 0) is 30.4 Å². The number of nitriles is 1. The van der Waals surface area contributed by atoms with Gasteiger partial charge < -0.3 is 15.0 Å². The molecule has 0 spiro atoms. The SMILES string of the molecule is COCc1nc2c(c(NC3=CC(C)C(C(C)(C)C#N)C#C3)n1)CCN(c1ncccc1C(F)(F)F)CC2. The molecule has 0 fully saturated rings. The van der Waals surface area contributed by atoms with Gasteiger partial charge in [-0.05, 0) is 50.3 Å². The molecular formula is C27H29F3N6O. The van der Waals surface area contributed by atoms with Crippen LogP contribution in [0.25, 0.3) is 0 Å². The van der Waals surface area contributed by atoms with Crippen LogP contribution in [0.2, 0.25) is 0 Å². The maximum Gasteiger partial charge on any atom is 0.419 e. The molecule has 1 N–H and O–H groups in total. The largest absolute Gasteiger partial charge is 0.419 e. The number of rotatable bonds is 6. The molecule has 2 unspecified atom stereocenters. The van der Waals surface area contributed by atoms with Crippen molar-refractivity contribution in [3.8, 4) is 17.9 Å². The summed E-state index contributed by atoms with van der Waals surface area (Å²) in [6.07, 6.45) is -0.267. The second kappa shape index (κ2) is 10.4. The summed E-state index contributed by atoms with van der Waals surface area (Å²) in [6.45, 7) is 6.65. The molecule has 2 aromatic rings. The number of halogens is 3. The normalized spacial score (nSPS) is 19.6. The van der Waals surface area contributed by atoms with Gasteiger partial charge >= 0.3 is 6.18 Å². The van der Waals surface area contributed by atoms with Crippen LogP contribution in [-0.4, -0.2) is 35.2 Å². The highest BCUT2D eigenvalue weighted by atomic mass is 19.4. The van der Waals surface area contributed by atoms with Crippen molar-refractivity contribution in [2.24, 2.45) is 17.3 Å². The van der Waals surface area contributed by atoms with E-state index in [-0.39, 0.29) is 24.3 Å². The van der Waals surface area contributed by atoms with Crippen LogP contribution in [0.1, 0.15) is 43.4 Å². The van der Waals surface area contributed by atoms with Crippen molar-refractivity contribution in [2.75, 3.05) is 30.4 Å². The summed E-state index contributed by atoms with van der Waals surface area (Å²) in [5.41, 5.74) is 0.930. The maximum atomic E-state index is 13.6. The zero-order valence-electron chi connectivity index (χ0n) is 21.3. The molecule has 10 heteroatoms. The topological polar surface area (TPSA) is 87.0 Å². The molecule has 4 rings (SSSR count). The van der Waals surface area contributed by atoms with E-state index >= 15 is 0 Å². The van der Waals surface area contributed by atoms with Crippen LogP contribution >= 0.6 is 0 Å². The molecule has 0 saturated carbocycles. The van der Waals surface area contributed by atoms with Crippen molar-refractivity contribution in [1.82, 2.24) is 15.0 Å². The standard InChI is InChI=1S/C27H29F3N6O/c1-17-14-18(7-8-20(17)26(2,3)16-31)33-24-19-9-12-36(13-10-22(19)34-23(35-24)15-37-4)25-21(27(28,29)30)6-5-11-32-25/h5-6,11,14,17,20H,9-10,12-13,15H2,1-4H3,(H,33,34,35). The minimum Gasteiger partial charge on any atom is -0.377 e. The van der Waals surface area contributed by atoms with Crippen LogP contribution in [0.15, 0.2) is 30.1 Å². The molecule has 37 heavy (non-hydrogen) atoms. The number of nitrogens with zero attached hydrogens (tertiary/aromatic N) is 5. The molecule has 1 aliphatic heterocycles. The second-order valence-electron chi connectivity index (χ2n) is 9.85. The Labute approximate surface area is 214 Å². The quantitative estimate of drug-likeness (QED) is 0.561. The van der Waals surface area contributed by atoms with Crippen molar-refractivity contribution in [3.05, 3.63) is 52.7 Å². The van der Waals surface area contributed by atoms with Gasteiger partial charge in [0.1, 0.15) is 18.2 Å². The third-order valence-corrected chi connectivity index (χ3v) is 6.69. The summed E-state index contributed by atoms with van der Waals surface area (Å²) in [4.78, 5) is 15.0. The number of anilines is 2. The Morgan fingerprint density at radius 2 is 2.00 bits per heavy atom. The average Bonchev–Trinajstić information content (AvgIpc) is 3.06. The fraction of sp³-hybridized carbons (Fsp3) is 0.481. The molecule has 1 aliphatic carbocycles. The Kier molecular flexibility index (Phi) is 7.42. The number of hydrogen-bond acceptors (Lipinski definition) is 7. The Morgan fingerprint density at radius 3 is 2.68 bits per heavy atom. The molecule has 2 aliphatic rings. The minimum absolute atomic E-state index is 0.0396. The molecule has 7 nitrogen and oxygen atoms in total. The molecule has 2 aromatic heterocycles. The predicted octanol–water partition coefficient (Wildman–Crippen LogP) is 4.76. The second-order valence-corrected chi connectivity index (χ2v) is 9.85. The van der Waals surface area contributed by atoms with Gasteiger partial charge in [-0.2, -0.15) is 18.4 Å². The van der Waals surface area contributed by atoms with Crippen molar-refractivity contribution in [3.63, 3.8) is 0 Å². The first-order valence-corrected chi connectivity index (χ1v) is 12.1. The van der Waals surface area contributed by atoms with E-state index in [1.807, 2.05) is 26.8 Å². The summed E-state index contributed by atoms with van der Waals surface area (Å²) in [6, 6.07) is 4.69. The van der Waals surface area contributed by atoms with E-state index in [9.17, 15) is 18.4 Å². The van der Waals surface area contributed by atoms with Gasteiger partial charge in [-0.3, -0.25) is 0 Å². The summed E-state index contributed by atoms with van der Waals surface area (Å²) in [7, 11) is 1.55. The van der Waals surface area contributed by atoms with Gasteiger partial charge in [0.2, 0.25) is 0 Å². The van der Waals surface area contributed by atoms with Crippen LogP contribution < -0.4 is 10.2 Å². The molecule has 0 aromatic carbocycles. The molecule has 194 valence electrons. The first-order valence-electron chi connectivity index (χ1n) is 12.1. The molecule has 3 heterocycles. The lowest BCUT2D eigenvalue weighted by Gasteiger charge is -2.29. The zero-order valence-corrected chi connectivity index (χ0v) is 21.3. The highest BCUT2D eigenvalue weighted by Gasteiger charge is 2.36. The van der Waals surface area contributed by atoms with Crippen LogP contribution in [0, 0.1) is 40.4 Å². The van der Waals surface area contributed by atoms with Crippen LogP contribution in [0.5, 0.6) is 0 Å². The highest BCUT2D eigenvalue weighted by Crippen LogP contribution is 2.37. The van der Waals surface area contributed by atoms with Gasteiger partial charge in [-0.25, -0.2) is 15.0 Å². The Balaban J connectivity index is 1.64. The van der Waals surface area contributed by atoms with Gasteiger partial charge in [0.15, 0.2) is 5.82 Å². The number of aromatic nitrogens is 3. The number of fused-ring (bicyclic) bond motifs is 1. The zero-order chi connectivity index (χ0) is 26.8. The Hall–Kier alpha value is -3.63. The fourth-order valence-corrected chi connectivity index (χ4v) is 4.82. The van der Waals surface area contributed by atoms with Gasteiger partial charge in [0.25, 0.3) is 0 Å². The Bertz CT molecular complexity index is 1300. The van der Waals surface area contributed by atoms with Crippen LogP contribution in [0.4, 0.5) is 24.8 Å². The number of allylic oxidation sites excluding steroid dienone is 2. The van der Waals surface area contributed by atoms with Gasteiger partial charge in [-0.1, -0.05) is 12.8 Å².